The first-order chi connectivity index (χ1) is 20.7. The van der Waals surface area contributed by atoms with Crippen LogP contribution in [0.25, 0.3) is 18.2 Å². The number of allylic oxidation sites excluding steroid dienone is 7. The van der Waals surface area contributed by atoms with E-state index in [1.54, 1.807) is 24.3 Å². The Balaban J connectivity index is 0.00000152. The maximum atomic E-state index is 11.7. The molecule has 0 aromatic carbocycles. The van der Waals surface area contributed by atoms with Gasteiger partial charge in [-0.15, -0.1) is 18.2 Å². The van der Waals surface area contributed by atoms with Crippen molar-refractivity contribution in [2.45, 2.75) is 65.2 Å². The van der Waals surface area contributed by atoms with Crippen molar-refractivity contribution in [3.63, 3.8) is 0 Å². The van der Waals surface area contributed by atoms with Crippen LogP contribution in [0.4, 0.5) is 4.39 Å². The van der Waals surface area contributed by atoms with Crippen LogP contribution >= 0.6 is 11.6 Å². The van der Waals surface area contributed by atoms with Crippen LogP contribution in [-0.2, 0) is 11.2 Å². The maximum absolute atomic E-state index is 11.7. The summed E-state index contributed by atoms with van der Waals surface area (Å²) in [5, 5.41) is 8.78. The minimum absolute atomic E-state index is 0.131. The van der Waals surface area contributed by atoms with E-state index in [-0.39, 0.29) is 11.8 Å². The molecule has 2 rings (SSSR count). The summed E-state index contributed by atoms with van der Waals surface area (Å²) in [7, 11) is 0. The smallest absolute Gasteiger partial charge is 0.303 e. The first-order valence-corrected chi connectivity index (χ1v) is 15.6. The summed E-state index contributed by atoms with van der Waals surface area (Å²) in [6.45, 7) is 25.1. The molecule has 0 saturated carbocycles. The van der Waals surface area contributed by atoms with Gasteiger partial charge >= 0.3 is 5.97 Å². The van der Waals surface area contributed by atoms with E-state index in [0.29, 0.717) is 19.3 Å². The van der Waals surface area contributed by atoms with Gasteiger partial charge in [0.25, 0.3) is 0 Å². The summed E-state index contributed by atoms with van der Waals surface area (Å²) in [5.41, 5.74) is 3.18. The normalized spacial score (nSPS) is 14.8. The summed E-state index contributed by atoms with van der Waals surface area (Å²) >= 11 is 6.13. The van der Waals surface area contributed by atoms with E-state index in [0.717, 1.165) is 68.5 Å². The summed E-state index contributed by atoms with van der Waals surface area (Å²) in [5.74, 6) is -1.19. The number of rotatable bonds is 16. The molecule has 1 fully saturated rings. The van der Waals surface area contributed by atoms with Crippen molar-refractivity contribution in [3.8, 4) is 0 Å². The number of aliphatic carboxylic acids is 1. The molecule has 1 atom stereocenters. The second kappa shape index (κ2) is 25.4. The Labute approximate surface area is 264 Å². The molecule has 1 aliphatic heterocycles. The molecule has 0 radical (unpaired) electrons. The van der Waals surface area contributed by atoms with Gasteiger partial charge in [0.15, 0.2) is 0 Å². The van der Waals surface area contributed by atoms with Gasteiger partial charge < -0.3 is 10.0 Å². The molecule has 1 aromatic rings. The van der Waals surface area contributed by atoms with Gasteiger partial charge in [-0.3, -0.25) is 9.69 Å². The molecule has 238 valence electrons. The van der Waals surface area contributed by atoms with Crippen molar-refractivity contribution in [3.05, 3.63) is 90.9 Å². The van der Waals surface area contributed by atoms with Crippen LogP contribution in [0.2, 0.25) is 0 Å². The van der Waals surface area contributed by atoms with Gasteiger partial charge in [0.05, 0.1) is 28.2 Å². The fraction of sp³-hybridized carbons (Fsp3) is 0.457. The molecule has 6 nitrogen and oxygen atoms in total. The number of halogens is 2. The highest BCUT2D eigenvalue weighted by Crippen LogP contribution is 2.18. The summed E-state index contributed by atoms with van der Waals surface area (Å²) in [6.07, 6.45) is 20.8. The van der Waals surface area contributed by atoms with E-state index < -0.39 is 11.8 Å². The number of unbranched alkanes of at least 4 members (excludes halogenated alkanes) is 1. The lowest BCUT2D eigenvalue weighted by Gasteiger charge is -2.33. The zero-order chi connectivity index (χ0) is 32.5. The standard InChI is InChI=1S/C26H37ClN4O2.C7H9F.C2H6/c1-4-21(27)11-9-13-25-24(12-7-8-15-26(32)33)29-23(22(5-2)28-25)14-10-16-31-19-17-30(6-3)18-20-31;1-3-4-5-6-7(2)8;1-2/h4-5,9-10,13-14,21H,1-2,6-8,11-12,15-20H2,3H3,(H,32,33);3-6H,2H2,1H3;1-2H3/b13-9+,14-10+;4-3-,6-5-;. The number of aromatic nitrogens is 2. The van der Waals surface area contributed by atoms with Gasteiger partial charge in [-0.05, 0) is 63.5 Å². The van der Waals surface area contributed by atoms with Crippen LogP contribution in [-0.4, -0.2) is 75.5 Å². The lowest BCUT2D eigenvalue weighted by Crippen LogP contribution is -2.45. The minimum atomic E-state index is -0.774. The molecular weight excluding hydrogens is 563 g/mol. The number of carboxylic acids is 1. The maximum Gasteiger partial charge on any atom is 0.303 e. The zero-order valence-corrected chi connectivity index (χ0v) is 27.4. The average Bonchev–Trinajstić information content (AvgIpc) is 3.01. The molecule has 8 heteroatoms. The van der Waals surface area contributed by atoms with E-state index >= 15 is 0 Å². The summed E-state index contributed by atoms with van der Waals surface area (Å²) in [6, 6.07) is 0. The Kier molecular flexibility index (Phi) is 23.5. The monoisotopic (exact) mass is 614 g/mol. The third-order valence-corrected chi connectivity index (χ3v) is 6.68. The van der Waals surface area contributed by atoms with Gasteiger partial charge in [-0.1, -0.05) is 70.4 Å². The van der Waals surface area contributed by atoms with Gasteiger partial charge in [0, 0.05) is 39.1 Å². The molecule has 43 heavy (non-hydrogen) atoms. The predicted molar refractivity (Wildman–Crippen MR) is 184 cm³/mol. The molecule has 0 bridgehead atoms. The number of carbonyl (C=O) groups is 1. The van der Waals surface area contributed by atoms with E-state index in [9.17, 15) is 9.18 Å². The van der Waals surface area contributed by atoms with Crippen LogP contribution in [0.1, 0.15) is 76.2 Å². The highest BCUT2D eigenvalue weighted by molar-refractivity contribution is 6.21. The molecular formula is C35H52ClFN4O2. The van der Waals surface area contributed by atoms with E-state index in [4.69, 9.17) is 26.7 Å². The fourth-order valence-corrected chi connectivity index (χ4v) is 4.05. The average molecular weight is 615 g/mol. The number of nitrogens with zero attached hydrogens (tertiary/aromatic N) is 4. The first-order valence-electron chi connectivity index (χ1n) is 15.2. The molecule has 0 spiro atoms. The summed E-state index contributed by atoms with van der Waals surface area (Å²) in [4.78, 5) is 25.4. The third kappa shape index (κ3) is 18.9. The number of carboxylic acid groups (broad SMARTS) is 1. The zero-order valence-electron chi connectivity index (χ0n) is 26.7. The first kappa shape index (κ1) is 39.9. The second-order valence-corrected chi connectivity index (χ2v) is 10.1. The van der Waals surface area contributed by atoms with Crippen molar-refractivity contribution in [2.75, 3.05) is 39.3 Å². The van der Waals surface area contributed by atoms with Crippen LogP contribution in [0.15, 0.2) is 68.1 Å². The molecule has 0 amide bonds. The number of aryl methyl sites for hydroxylation is 1. The molecule has 1 N–H and O–H groups in total. The lowest BCUT2D eigenvalue weighted by molar-refractivity contribution is -0.137. The Morgan fingerprint density at radius 2 is 1.67 bits per heavy atom. The largest absolute Gasteiger partial charge is 0.481 e. The van der Waals surface area contributed by atoms with Crippen LogP contribution < -0.4 is 0 Å². The predicted octanol–water partition coefficient (Wildman–Crippen LogP) is 8.39. The number of hydrogen-bond donors (Lipinski definition) is 1. The SMILES string of the molecule is C=C(F)/C=C\C=C/C.C=Cc1nc(/C=C/CC(Cl)C=C)c(CCCCC(=O)O)nc1/C=C/CN1CCN(CC)CC1.CC. The molecule has 1 aromatic heterocycles. The van der Waals surface area contributed by atoms with Crippen molar-refractivity contribution in [1.29, 1.82) is 0 Å². The Bertz CT molecular complexity index is 1090. The lowest BCUT2D eigenvalue weighted by atomic mass is 10.1. The topological polar surface area (TPSA) is 69.6 Å². The van der Waals surface area contributed by atoms with Crippen molar-refractivity contribution in [2.24, 2.45) is 0 Å². The van der Waals surface area contributed by atoms with Gasteiger partial charge in [-0.25, -0.2) is 14.4 Å². The quantitative estimate of drug-likeness (QED) is 0.0873. The van der Waals surface area contributed by atoms with Crippen molar-refractivity contribution >= 4 is 35.8 Å². The molecule has 2 heterocycles. The van der Waals surface area contributed by atoms with Gasteiger partial charge in [0.2, 0.25) is 0 Å². The van der Waals surface area contributed by atoms with Crippen LogP contribution in [0.3, 0.4) is 0 Å². The highest BCUT2D eigenvalue weighted by Gasteiger charge is 2.14. The number of piperazine rings is 1. The molecule has 0 aliphatic carbocycles. The Morgan fingerprint density at radius 1 is 1.02 bits per heavy atom. The van der Waals surface area contributed by atoms with Gasteiger partial charge in [-0.2, -0.15) is 0 Å². The highest BCUT2D eigenvalue weighted by atomic mass is 35.5. The Morgan fingerprint density at radius 3 is 2.23 bits per heavy atom. The number of alkyl halides is 1. The van der Waals surface area contributed by atoms with Crippen LogP contribution in [0, 0.1) is 0 Å². The summed E-state index contributed by atoms with van der Waals surface area (Å²) < 4.78 is 11.7. The van der Waals surface area contributed by atoms with E-state index in [1.165, 1.54) is 6.08 Å². The van der Waals surface area contributed by atoms with Crippen molar-refractivity contribution in [1.82, 2.24) is 19.8 Å². The van der Waals surface area contributed by atoms with Crippen molar-refractivity contribution < 1.29 is 14.3 Å². The van der Waals surface area contributed by atoms with E-state index in [2.05, 4.69) is 42.5 Å². The van der Waals surface area contributed by atoms with Crippen LogP contribution in [0.5, 0.6) is 0 Å². The molecule has 1 unspecified atom stereocenters. The second-order valence-electron chi connectivity index (χ2n) is 9.49. The number of hydrogen-bond acceptors (Lipinski definition) is 5. The fourth-order valence-electron chi connectivity index (χ4n) is 3.95. The van der Waals surface area contributed by atoms with Gasteiger partial charge in [0.1, 0.15) is 5.83 Å². The van der Waals surface area contributed by atoms with E-state index in [1.807, 2.05) is 45.1 Å². The molecule has 1 saturated heterocycles. The molecule has 1 aliphatic rings. The Hall–Kier alpha value is -3.13. The third-order valence-electron chi connectivity index (χ3n) is 6.33. The number of likely N-dealkylation sites (N-methyl/N-ethyl adjacent to an activating group) is 1. The minimum Gasteiger partial charge on any atom is -0.481 e.